The van der Waals surface area contributed by atoms with Gasteiger partial charge in [0.1, 0.15) is 6.04 Å². The number of carbonyl (C=O) groups is 2. The van der Waals surface area contributed by atoms with E-state index in [9.17, 15) is 9.59 Å². The van der Waals surface area contributed by atoms with Crippen molar-refractivity contribution < 1.29 is 19.4 Å². The fourth-order valence-corrected chi connectivity index (χ4v) is 2.27. The molecule has 2 fully saturated rings. The lowest BCUT2D eigenvalue weighted by Gasteiger charge is -2.35. The van der Waals surface area contributed by atoms with Crippen LogP contribution in [0.5, 0.6) is 0 Å². The maximum absolute atomic E-state index is 12.0. The Hall–Kier alpha value is -1.18. The minimum absolute atomic E-state index is 0.00792. The third kappa shape index (κ3) is 3.18. The SMILES string of the molecule is O=C(O)C1CNCCN1CC(=O)N1CCOCC1. The van der Waals surface area contributed by atoms with Gasteiger partial charge in [0.05, 0.1) is 19.8 Å². The number of carbonyl (C=O) groups excluding carboxylic acids is 1. The summed E-state index contributed by atoms with van der Waals surface area (Å²) in [5, 5.41) is 12.1. The van der Waals surface area contributed by atoms with E-state index in [1.54, 1.807) is 9.80 Å². The van der Waals surface area contributed by atoms with Crippen LogP contribution in [0.3, 0.4) is 0 Å². The Morgan fingerprint density at radius 3 is 2.67 bits per heavy atom. The molecule has 102 valence electrons. The van der Waals surface area contributed by atoms with Crippen LogP contribution in [0, 0.1) is 0 Å². The molecular formula is C11H19N3O4. The van der Waals surface area contributed by atoms with Crippen molar-refractivity contribution in [3.63, 3.8) is 0 Å². The number of hydrogen-bond acceptors (Lipinski definition) is 5. The summed E-state index contributed by atoms with van der Waals surface area (Å²) in [5.74, 6) is -0.886. The first-order chi connectivity index (χ1) is 8.68. The molecule has 2 saturated heterocycles. The minimum atomic E-state index is -0.878. The zero-order chi connectivity index (χ0) is 13.0. The van der Waals surface area contributed by atoms with Gasteiger partial charge in [0.2, 0.25) is 5.91 Å². The molecule has 2 N–H and O–H groups in total. The second kappa shape index (κ2) is 6.12. The minimum Gasteiger partial charge on any atom is -0.480 e. The zero-order valence-electron chi connectivity index (χ0n) is 10.3. The van der Waals surface area contributed by atoms with Gasteiger partial charge in [-0.25, -0.2) is 0 Å². The quantitative estimate of drug-likeness (QED) is 0.621. The van der Waals surface area contributed by atoms with Crippen LogP contribution in [0.4, 0.5) is 0 Å². The first-order valence-corrected chi connectivity index (χ1v) is 6.21. The molecule has 0 radical (unpaired) electrons. The molecule has 0 aliphatic carbocycles. The third-order valence-electron chi connectivity index (χ3n) is 3.34. The Labute approximate surface area is 106 Å². The topological polar surface area (TPSA) is 82.1 Å². The summed E-state index contributed by atoms with van der Waals surface area (Å²) in [6.45, 7) is 4.22. The van der Waals surface area contributed by atoms with E-state index < -0.39 is 12.0 Å². The number of rotatable bonds is 3. The number of ether oxygens (including phenoxy) is 1. The van der Waals surface area contributed by atoms with Crippen LogP contribution in [-0.2, 0) is 14.3 Å². The van der Waals surface area contributed by atoms with Crippen LogP contribution >= 0.6 is 0 Å². The standard InChI is InChI=1S/C11H19N3O4/c15-10(13-3-5-18-6-4-13)8-14-2-1-12-7-9(14)11(16)17/h9,12H,1-8H2,(H,16,17). The highest BCUT2D eigenvalue weighted by Crippen LogP contribution is 2.06. The highest BCUT2D eigenvalue weighted by molar-refractivity contribution is 5.80. The summed E-state index contributed by atoms with van der Waals surface area (Å²) in [6, 6.07) is -0.608. The molecule has 0 aromatic carbocycles. The maximum atomic E-state index is 12.0. The molecule has 0 bridgehead atoms. The van der Waals surface area contributed by atoms with Crippen molar-refractivity contribution in [1.82, 2.24) is 15.1 Å². The molecule has 1 unspecified atom stereocenters. The van der Waals surface area contributed by atoms with Crippen LogP contribution in [-0.4, -0.2) is 85.3 Å². The van der Waals surface area contributed by atoms with Crippen molar-refractivity contribution in [2.24, 2.45) is 0 Å². The molecule has 1 amide bonds. The van der Waals surface area contributed by atoms with Crippen LogP contribution < -0.4 is 5.32 Å². The van der Waals surface area contributed by atoms with Crippen LogP contribution in [0.15, 0.2) is 0 Å². The van der Waals surface area contributed by atoms with Gasteiger partial charge in [-0.3, -0.25) is 14.5 Å². The van der Waals surface area contributed by atoms with Gasteiger partial charge in [-0.1, -0.05) is 0 Å². The largest absolute Gasteiger partial charge is 0.480 e. The molecule has 0 spiro atoms. The summed E-state index contributed by atoms with van der Waals surface area (Å²) in [6.07, 6.45) is 0. The van der Waals surface area contributed by atoms with E-state index in [-0.39, 0.29) is 12.5 Å². The summed E-state index contributed by atoms with van der Waals surface area (Å²) in [5.41, 5.74) is 0. The van der Waals surface area contributed by atoms with Gasteiger partial charge in [-0.15, -0.1) is 0 Å². The van der Waals surface area contributed by atoms with E-state index in [0.29, 0.717) is 39.4 Å². The van der Waals surface area contributed by atoms with Crippen molar-refractivity contribution in [2.45, 2.75) is 6.04 Å². The van der Waals surface area contributed by atoms with Gasteiger partial charge in [0.15, 0.2) is 0 Å². The molecule has 18 heavy (non-hydrogen) atoms. The molecule has 7 heteroatoms. The fourth-order valence-electron chi connectivity index (χ4n) is 2.27. The summed E-state index contributed by atoms with van der Waals surface area (Å²) >= 11 is 0. The molecule has 0 saturated carbocycles. The van der Waals surface area contributed by atoms with Crippen molar-refractivity contribution >= 4 is 11.9 Å². The summed E-state index contributed by atoms with van der Waals surface area (Å²) < 4.78 is 5.19. The average molecular weight is 257 g/mol. The van der Waals surface area contributed by atoms with E-state index in [2.05, 4.69) is 5.32 Å². The molecular weight excluding hydrogens is 238 g/mol. The van der Waals surface area contributed by atoms with Crippen LogP contribution in [0.25, 0.3) is 0 Å². The predicted octanol–water partition coefficient (Wildman–Crippen LogP) is -1.80. The van der Waals surface area contributed by atoms with E-state index >= 15 is 0 Å². The van der Waals surface area contributed by atoms with E-state index in [1.165, 1.54) is 0 Å². The third-order valence-corrected chi connectivity index (χ3v) is 3.34. The number of morpholine rings is 1. The van der Waals surface area contributed by atoms with Crippen LogP contribution in [0.1, 0.15) is 0 Å². The monoisotopic (exact) mass is 257 g/mol. The van der Waals surface area contributed by atoms with E-state index in [4.69, 9.17) is 9.84 Å². The number of nitrogens with one attached hydrogen (secondary N) is 1. The first kappa shape index (κ1) is 13.3. The van der Waals surface area contributed by atoms with Gasteiger partial charge >= 0.3 is 5.97 Å². The summed E-state index contributed by atoms with van der Waals surface area (Å²) in [4.78, 5) is 26.6. The number of aliphatic carboxylic acids is 1. The molecule has 2 aliphatic rings. The van der Waals surface area contributed by atoms with Gasteiger partial charge in [0, 0.05) is 32.7 Å². The van der Waals surface area contributed by atoms with E-state index in [0.717, 1.165) is 6.54 Å². The molecule has 1 atom stereocenters. The smallest absolute Gasteiger partial charge is 0.322 e. The number of carboxylic acid groups (broad SMARTS) is 1. The van der Waals surface area contributed by atoms with Crippen molar-refractivity contribution in [1.29, 1.82) is 0 Å². The number of hydrogen-bond donors (Lipinski definition) is 2. The normalized spacial score (nSPS) is 26.0. The lowest BCUT2D eigenvalue weighted by Crippen LogP contribution is -2.58. The number of amides is 1. The molecule has 2 rings (SSSR count). The molecule has 7 nitrogen and oxygen atoms in total. The fraction of sp³-hybridized carbons (Fsp3) is 0.818. The number of carboxylic acids is 1. The first-order valence-electron chi connectivity index (χ1n) is 6.21. The molecule has 0 aromatic heterocycles. The zero-order valence-corrected chi connectivity index (χ0v) is 10.3. The molecule has 2 heterocycles. The van der Waals surface area contributed by atoms with Gasteiger partial charge in [-0.05, 0) is 0 Å². The lowest BCUT2D eigenvalue weighted by molar-refractivity contribution is -0.146. The second-order valence-corrected chi connectivity index (χ2v) is 4.52. The Bertz CT molecular complexity index is 317. The Morgan fingerprint density at radius 2 is 2.00 bits per heavy atom. The Kier molecular flexibility index (Phi) is 4.51. The molecule has 0 aromatic rings. The predicted molar refractivity (Wildman–Crippen MR) is 63.3 cm³/mol. The molecule has 2 aliphatic heterocycles. The Balaban J connectivity index is 1.89. The highest BCUT2D eigenvalue weighted by atomic mass is 16.5. The van der Waals surface area contributed by atoms with Crippen molar-refractivity contribution in [2.75, 3.05) is 52.5 Å². The highest BCUT2D eigenvalue weighted by Gasteiger charge is 2.31. The second-order valence-electron chi connectivity index (χ2n) is 4.52. The van der Waals surface area contributed by atoms with E-state index in [1.807, 2.05) is 0 Å². The van der Waals surface area contributed by atoms with Crippen LogP contribution in [0.2, 0.25) is 0 Å². The van der Waals surface area contributed by atoms with Gasteiger partial charge < -0.3 is 20.1 Å². The number of nitrogens with zero attached hydrogens (tertiary/aromatic N) is 2. The summed E-state index contributed by atoms with van der Waals surface area (Å²) in [7, 11) is 0. The van der Waals surface area contributed by atoms with Gasteiger partial charge in [-0.2, -0.15) is 0 Å². The number of piperazine rings is 1. The average Bonchev–Trinajstić information content (AvgIpc) is 2.40. The lowest BCUT2D eigenvalue weighted by atomic mass is 10.2. The van der Waals surface area contributed by atoms with Crippen molar-refractivity contribution in [3.05, 3.63) is 0 Å². The maximum Gasteiger partial charge on any atom is 0.322 e. The van der Waals surface area contributed by atoms with Crippen molar-refractivity contribution in [3.8, 4) is 0 Å². The van der Waals surface area contributed by atoms with Gasteiger partial charge in [0.25, 0.3) is 0 Å². The Morgan fingerprint density at radius 1 is 1.28 bits per heavy atom.